The van der Waals surface area contributed by atoms with E-state index >= 15 is 0 Å². The normalized spacial score (nSPS) is 11.1. The number of primary amides is 1. The van der Waals surface area contributed by atoms with Gasteiger partial charge in [0.1, 0.15) is 5.75 Å². The number of carbonyl (C=O) groups is 1. The minimum absolute atomic E-state index is 0.137. The van der Waals surface area contributed by atoms with Crippen LogP contribution in [0.2, 0.25) is 0 Å². The first-order chi connectivity index (χ1) is 8.28. The Hall–Kier alpha value is -1.44. The van der Waals surface area contributed by atoms with Gasteiger partial charge in [0.2, 0.25) is 5.91 Å². The smallest absolute Gasteiger partial charge is 0.405 e. The van der Waals surface area contributed by atoms with Crippen molar-refractivity contribution in [3.63, 3.8) is 0 Å². The highest BCUT2D eigenvalue weighted by Crippen LogP contribution is 2.32. The fraction of sp³-hybridized carbons (Fsp3) is 0.300. The number of anilines is 1. The second-order valence-corrected chi connectivity index (χ2v) is 4.19. The molecule has 0 heterocycles. The maximum Gasteiger partial charge on any atom is 0.573 e. The van der Waals surface area contributed by atoms with E-state index in [0.717, 1.165) is 0 Å². The fourth-order valence-electron chi connectivity index (χ4n) is 1.15. The third-order valence-corrected chi connectivity index (χ3v) is 2.48. The zero-order chi connectivity index (χ0) is 13.8. The lowest BCUT2D eigenvalue weighted by Crippen LogP contribution is -2.17. The minimum atomic E-state index is -4.73. The molecule has 100 valence electrons. The molecule has 0 saturated carbocycles. The Kier molecular flexibility index (Phi) is 4.83. The van der Waals surface area contributed by atoms with Crippen molar-refractivity contribution in [2.45, 2.75) is 12.8 Å². The molecule has 0 aliphatic carbocycles. The predicted octanol–water partition coefficient (Wildman–Crippen LogP) is 2.63. The molecule has 0 aliphatic rings. The number of ether oxygens (including phenoxy) is 1. The van der Waals surface area contributed by atoms with Gasteiger partial charge in [-0.15, -0.1) is 13.2 Å². The van der Waals surface area contributed by atoms with Gasteiger partial charge in [0, 0.05) is 18.7 Å². The van der Waals surface area contributed by atoms with Gasteiger partial charge >= 0.3 is 6.36 Å². The summed E-state index contributed by atoms with van der Waals surface area (Å²) in [5.74, 6) is -0.790. The number of hydrogen-bond donors (Lipinski definition) is 2. The van der Waals surface area contributed by atoms with Crippen LogP contribution in [0, 0.1) is 0 Å². The Morgan fingerprint density at radius 1 is 1.44 bits per heavy atom. The van der Waals surface area contributed by atoms with Gasteiger partial charge < -0.3 is 15.8 Å². The van der Waals surface area contributed by atoms with Crippen LogP contribution in [0.15, 0.2) is 22.7 Å². The molecular weight excluding hydrogens is 317 g/mol. The SMILES string of the molecule is NC(=O)CCNc1ccc(OC(F)(F)F)c(Br)c1. The van der Waals surface area contributed by atoms with Crippen LogP contribution in [-0.4, -0.2) is 18.8 Å². The average Bonchev–Trinajstić information content (AvgIpc) is 2.19. The number of halogens is 4. The van der Waals surface area contributed by atoms with Crippen molar-refractivity contribution in [1.29, 1.82) is 0 Å². The topological polar surface area (TPSA) is 64.4 Å². The molecule has 0 spiro atoms. The molecule has 0 saturated heterocycles. The van der Waals surface area contributed by atoms with Gasteiger partial charge in [0.15, 0.2) is 0 Å². The third kappa shape index (κ3) is 5.26. The van der Waals surface area contributed by atoms with Crippen molar-refractivity contribution in [2.24, 2.45) is 5.73 Å². The molecular formula is C10H10BrF3N2O2. The van der Waals surface area contributed by atoms with E-state index in [1.54, 1.807) is 0 Å². The van der Waals surface area contributed by atoms with Crippen LogP contribution in [-0.2, 0) is 4.79 Å². The molecule has 1 aromatic carbocycles. The molecule has 0 atom stereocenters. The van der Waals surface area contributed by atoms with Crippen molar-refractivity contribution in [2.75, 3.05) is 11.9 Å². The quantitative estimate of drug-likeness (QED) is 0.874. The zero-order valence-electron chi connectivity index (χ0n) is 9.05. The summed E-state index contributed by atoms with van der Waals surface area (Å²) in [6.45, 7) is 0.307. The van der Waals surface area contributed by atoms with Gasteiger partial charge in [0.05, 0.1) is 4.47 Å². The Labute approximate surface area is 109 Å². The van der Waals surface area contributed by atoms with Crippen LogP contribution in [0.3, 0.4) is 0 Å². The molecule has 0 bridgehead atoms. The first-order valence-electron chi connectivity index (χ1n) is 4.85. The lowest BCUT2D eigenvalue weighted by Gasteiger charge is -2.12. The average molecular weight is 327 g/mol. The first kappa shape index (κ1) is 14.6. The van der Waals surface area contributed by atoms with Gasteiger partial charge in [-0.25, -0.2) is 0 Å². The number of nitrogens with one attached hydrogen (secondary N) is 1. The number of rotatable bonds is 5. The number of carbonyl (C=O) groups excluding carboxylic acids is 1. The molecule has 0 unspecified atom stereocenters. The lowest BCUT2D eigenvalue weighted by atomic mass is 10.3. The Balaban J connectivity index is 2.64. The number of alkyl halides is 3. The molecule has 0 radical (unpaired) electrons. The molecule has 0 aromatic heterocycles. The summed E-state index contributed by atoms with van der Waals surface area (Å²) in [7, 11) is 0. The van der Waals surface area contributed by atoms with E-state index in [1.807, 2.05) is 0 Å². The van der Waals surface area contributed by atoms with Crippen LogP contribution >= 0.6 is 15.9 Å². The molecule has 3 N–H and O–H groups in total. The van der Waals surface area contributed by atoms with E-state index in [-0.39, 0.29) is 16.6 Å². The minimum Gasteiger partial charge on any atom is -0.405 e. The molecule has 0 aliphatic heterocycles. The molecule has 4 nitrogen and oxygen atoms in total. The Bertz CT molecular complexity index is 438. The summed E-state index contributed by atoms with van der Waals surface area (Å²) in [6.07, 6.45) is -4.60. The van der Waals surface area contributed by atoms with Crippen LogP contribution in [0.4, 0.5) is 18.9 Å². The third-order valence-electron chi connectivity index (χ3n) is 1.86. The molecule has 8 heteroatoms. The monoisotopic (exact) mass is 326 g/mol. The highest BCUT2D eigenvalue weighted by atomic mass is 79.9. The summed E-state index contributed by atoms with van der Waals surface area (Å²) >= 11 is 2.96. The molecule has 1 aromatic rings. The summed E-state index contributed by atoms with van der Waals surface area (Å²) in [4.78, 5) is 10.5. The van der Waals surface area contributed by atoms with Gasteiger partial charge in [-0.2, -0.15) is 0 Å². The Morgan fingerprint density at radius 3 is 2.61 bits per heavy atom. The lowest BCUT2D eigenvalue weighted by molar-refractivity contribution is -0.274. The van der Waals surface area contributed by atoms with Crippen LogP contribution in [0.25, 0.3) is 0 Å². The second kappa shape index (κ2) is 5.94. The summed E-state index contributed by atoms with van der Waals surface area (Å²) in [6, 6.07) is 4.00. The second-order valence-electron chi connectivity index (χ2n) is 3.34. The van der Waals surface area contributed by atoms with E-state index < -0.39 is 12.3 Å². The zero-order valence-corrected chi connectivity index (χ0v) is 10.6. The van der Waals surface area contributed by atoms with Crippen LogP contribution < -0.4 is 15.8 Å². The number of benzene rings is 1. The van der Waals surface area contributed by atoms with Crippen molar-refractivity contribution >= 4 is 27.5 Å². The van der Waals surface area contributed by atoms with Crippen molar-refractivity contribution in [3.8, 4) is 5.75 Å². The van der Waals surface area contributed by atoms with Gasteiger partial charge in [0.25, 0.3) is 0 Å². The first-order valence-corrected chi connectivity index (χ1v) is 5.65. The van der Waals surface area contributed by atoms with E-state index in [2.05, 4.69) is 26.0 Å². The van der Waals surface area contributed by atoms with Crippen molar-refractivity contribution in [3.05, 3.63) is 22.7 Å². The Morgan fingerprint density at radius 2 is 2.11 bits per heavy atom. The predicted molar refractivity (Wildman–Crippen MR) is 63.1 cm³/mol. The van der Waals surface area contributed by atoms with Crippen molar-refractivity contribution in [1.82, 2.24) is 0 Å². The summed E-state index contributed by atoms with van der Waals surface area (Å²) < 4.78 is 39.9. The van der Waals surface area contributed by atoms with E-state index in [4.69, 9.17) is 5.73 Å². The van der Waals surface area contributed by atoms with Gasteiger partial charge in [-0.3, -0.25) is 4.79 Å². The summed E-state index contributed by atoms with van der Waals surface area (Å²) in [5, 5.41) is 2.84. The fourth-order valence-corrected chi connectivity index (χ4v) is 1.61. The van der Waals surface area contributed by atoms with Crippen LogP contribution in [0.5, 0.6) is 5.75 Å². The van der Waals surface area contributed by atoms with Gasteiger partial charge in [-0.1, -0.05) is 0 Å². The summed E-state index contributed by atoms with van der Waals surface area (Å²) in [5.41, 5.74) is 5.50. The van der Waals surface area contributed by atoms with E-state index in [1.165, 1.54) is 18.2 Å². The highest BCUT2D eigenvalue weighted by Gasteiger charge is 2.31. The van der Waals surface area contributed by atoms with Crippen LogP contribution in [0.1, 0.15) is 6.42 Å². The number of nitrogens with two attached hydrogens (primary N) is 1. The maximum absolute atomic E-state index is 12.0. The van der Waals surface area contributed by atoms with Crippen molar-refractivity contribution < 1.29 is 22.7 Å². The number of hydrogen-bond acceptors (Lipinski definition) is 3. The maximum atomic E-state index is 12.0. The standard InChI is InChI=1S/C10H10BrF3N2O2/c11-7-5-6(16-4-3-9(15)17)1-2-8(7)18-10(12,13)14/h1-2,5,16H,3-4H2,(H2,15,17). The molecule has 18 heavy (non-hydrogen) atoms. The number of amides is 1. The van der Waals surface area contributed by atoms with E-state index in [0.29, 0.717) is 12.2 Å². The molecule has 0 fully saturated rings. The largest absolute Gasteiger partial charge is 0.573 e. The molecule has 1 rings (SSSR count). The molecule has 1 amide bonds. The van der Waals surface area contributed by atoms with Gasteiger partial charge in [-0.05, 0) is 34.1 Å². The van der Waals surface area contributed by atoms with E-state index in [9.17, 15) is 18.0 Å². The highest BCUT2D eigenvalue weighted by molar-refractivity contribution is 9.10.